The van der Waals surface area contributed by atoms with Gasteiger partial charge in [-0.05, 0) is 53.8 Å². The molecule has 5 heteroatoms. The van der Waals surface area contributed by atoms with Crippen molar-refractivity contribution in [1.82, 2.24) is 9.78 Å². The number of rotatable bonds is 1. The minimum Gasteiger partial charge on any atom is -0.383 e. The summed E-state index contributed by atoms with van der Waals surface area (Å²) in [6, 6.07) is 7.42. The van der Waals surface area contributed by atoms with Crippen molar-refractivity contribution in [3.63, 3.8) is 0 Å². The Morgan fingerprint density at radius 1 is 1.33 bits per heavy atom. The minimum absolute atomic E-state index is 0.662. The molecule has 3 nitrogen and oxygen atoms in total. The van der Waals surface area contributed by atoms with Crippen LogP contribution in [0.15, 0.2) is 24.3 Å². The number of nitrogens with two attached hydrogens (primary N) is 1. The number of anilines is 1. The van der Waals surface area contributed by atoms with Crippen LogP contribution in [-0.2, 0) is 0 Å². The van der Waals surface area contributed by atoms with Gasteiger partial charge in [0.1, 0.15) is 5.82 Å². The number of benzene rings is 1. The maximum atomic E-state index is 5.93. The summed E-state index contributed by atoms with van der Waals surface area (Å²) >= 11 is 8.00. The van der Waals surface area contributed by atoms with E-state index in [0.29, 0.717) is 10.8 Å². The number of nitrogens with zero attached hydrogens (tertiary/aromatic N) is 2. The molecule has 1 heterocycles. The summed E-state index contributed by atoms with van der Waals surface area (Å²) in [6.45, 7) is 1.94. The SMILES string of the molecule is Cc1nn(-c2ccc(Cl)cc2)c(N)c1I. The summed E-state index contributed by atoms with van der Waals surface area (Å²) in [7, 11) is 0. The summed E-state index contributed by atoms with van der Waals surface area (Å²) < 4.78 is 2.70. The van der Waals surface area contributed by atoms with E-state index in [1.165, 1.54) is 0 Å². The molecule has 0 unspecified atom stereocenters. The third-order valence-electron chi connectivity index (χ3n) is 2.09. The molecule has 0 aliphatic carbocycles. The Morgan fingerprint density at radius 2 is 1.93 bits per heavy atom. The van der Waals surface area contributed by atoms with E-state index < -0.39 is 0 Å². The average molecular weight is 334 g/mol. The third-order valence-corrected chi connectivity index (χ3v) is 3.68. The molecule has 0 aliphatic rings. The number of aryl methyl sites for hydroxylation is 1. The molecule has 0 saturated heterocycles. The van der Waals surface area contributed by atoms with Gasteiger partial charge in [-0.3, -0.25) is 0 Å². The predicted octanol–water partition coefficient (Wildman–Crippen LogP) is 3.02. The van der Waals surface area contributed by atoms with Crippen LogP contribution in [0.5, 0.6) is 0 Å². The first-order chi connectivity index (χ1) is 7.09. The first-order valence-corrected chi connectivity index (χ1v) is 5.82. The predicted molar refractivity (Wildman–Crippen MR) is 70.4 cm³/mol. The highest BCUT2D eigenvalue weighted by Crippen LogP contribution is 2.22. The first-order valence-electron chi connectivity index (χ1n) is 4.36. The minimum atomic E-state index is 0.662. The van der Waals surface area contributed by atoms with Crippen LogP contribution in [0, 0.1) is 10.5 Å². The van der Waals surface area contributed by atoms with Gasteiger partial charge < -0.3 is 5.73 Å². The summed E-state index contributed by atoms with van der Waals surface area (Å²) in [4.78, 5) is 0. The van der Waals surface area contributed by atoms with Crippen molar-refractivity contribution < 1.29 is 0 Å². The van der Waals surface area contributed by atoms with Gasteiger partial charge in [-0.25, -0.2) is 4.68 Å². The summed E-state index contributed by atoms with van der Waals surface area (Å²) in [5.41, 5.74) is 7.79. The molecule has 2 aromatic rings. The van der Waals surface area contributed by atoms with Crippen molar-refractivity contribution in [2.45, 2.75) is 6.92 Å². The molecule has 2 rings (SSSR count). The Kier molecular flexibility index (Phi) is 2.88. The lowest BCUT2D eigenvalue weighted by Crippen LogP contribution is -2.01. The van der Waals surface area contributed by atoms with E-state index in [1.807, 2.05) is 31.2 Å². The quantitative estimate of drug-likeness (QED) is 0.815. The average Bonchev–Trinajstić information content (AvgIpc) is 2.47. The number of nitrogen functional groups attached to an aromatic ring is 1. The Morgan fingerprint density at radius 3 is 2.40 bits per heavy atom. The van der Waals surface area contributed by atoms with Crippen LogP contribution >= 0.6 is 34.2 Å². The standard InChI is InChI=1S/C10H9ClIN3/c1-6-9(12)10(13)15(14-6)8-4-2-7(11)3-5-8/h2-5H,13H2,1H3. The van der Waals surface area contributed by atoms with E-state index >= 15 is 0 Å². The van der Waals surface area contributed by atoms with Crippen molar-refractivity contribution >= 4 is 40.0 Å². The highest BCUT2D eigenvalue weighted by Gasteiger charge is 2.10. The van der Waals surface area contributed by atoms with E-state index in [9.17, 15) is 0 Å². The van der Waals surface area contributed by atoms with Crippen molar-refractivity contribution in [1.29, 1.82) is 0 Å². The van der Waals surface area contributed by atoms with Gasteiger partial charge in [-0.1, -0.05) is 11.6 Å². The van der Waals surface area contributed by atoms with Crippen LogP contribution in [0.3, 0.4) is 0 Å². The van der Waals surface area contributed by atoms with Crippen LogP contribution in [0.2, 0.25) is 5.02 Å². The molecule has 0 atom stereocenters. The maximum Gasteiger partial charge on any atom is 0.140 e. The third kappa shape index (κ3) is 1.96. The molecule has 0 spiro atoms. The van der Waals surface area contributed by atoms with Gasteiger partial charge in [0.15, 0.2) is 0 Å². The summed E-state index contributed by atoms with van der Waals surface area (Å²) in [5, 5.41) is 5.06. The molecule has 0 bridgehead atoms. The molecule has 1 aromatic carbocycles. The normalized spacial score (nSPS) is 10.6. The zero-order valence-corrected chi connectivity index (χ0v) is 11.0. The van der Waals surface area contributed by atoms with Crippen LogP contribution < -0.4 is 5.73 Å². The van der Waals surface area contributed by atoms with E-state index in [2.05, 4.69) is 27.7 Å². The molecule has 2 N–H and O–H groups in total. The molecular formula is C10H9ClIN3. The van der Waals surface area contributed by atoms with E-state index in [0.717, 1.165) is 15.0 Å². The van der Waals surface area contributed by atoms with Gasteiger partial charge in [-0.2, -0.15) is 5.10 Å². The van der Waals surface area contributed by atoms with Crippen LogP contribution in [0.4, 0.5) is 5.82 Å². The fourth-order valence-corrected chi connectivity index (χ4v) is 1.77. The Bertz CT molecular complexity index is 490. The summed E-state index contributed by atoms with van der Waals surface area (Å²) in [6.07, 6.45) is 0. The topological polar surface area (TPSA) is 43.8 Å². The summed E-state index contributed by atoms with van der Waals surface area (Å²) in [5.74, 6) is 0.662. The largest absolute Gasteiger partial charge is 0.383 e. The molecule has 0 saturated carbocycles. The number of aromatic nitrogens is 2. The van der Waals surface area contributed by atoms with Crippen molar-refractivity contribution in [3.8, 4) is 5.69 Å². The van der Waals surface area contributed by atoms with E-state index in [4.69, 9.17) is 17.3 Å². The van der Waals surface area contributed by atoms with Crippen LogP contribution in [0.1, 0.15) is 5.69 Å². The Hall–Kier alpha value is -0.750. The number of hydrogen-bond donors (Lipinski definition) is 1. The van der Waals surface area contributed by atoms with Crippen LogP contribution in [0.25, 0.3) is 5.69 Å². The molecule has 78 valence electrons. The lowest BCUT2D eigenvalue weighted by Gasteiger charge is -2.03. The molecule has 0 amide bonds. The zero-order chi connectivity index (χ0) is 11.0. The Balaban J connectivity index is 2.54. The van der Waals surface area contributed by atoms with Crippen molar-refractivity contribution in [3.05, 3.63) is 38.6 Å². The molecule has 1 aromatic heterocycles. The van der Waals surface area contributed by atoms with Gasteiger partial charge in [0.25, 0.3) is 0 Å². The fourth-order valence-electron chi connectivity index (χ4n) is 1.31. The van der Waals surface area contributed by atoms with E-state index in [-0.39, 0.29) is 0 Å². The molecule has 0 fully saturated rings. The smallest absolute Gasteiger partial charge is 0.140 e. The number of halogens is 2. The van der Waals surface area contributed by atoms with Crippen molar-refractivity contribution in [2.75, 3.05) is 5.73 Å². The second-order valence-electron chi connectivity index (χ2n) is 3.17. The molecule has 15 heavy (non-hydrogen) atoms. The highest BCUT2D eigenvalue weighted by atomic mass is 127. The monoisotopic (exact) mass is 333 g/mol. The van der Waals surface area contributed by atoms with Gasteiger partial charge in [0.2, 0.25) is 0 Å². The Labute approximate surface area is 106 Å². The van der Waals surface area contributed by atoms with E-state index in [1.54, 1.807) is 4.68 Å². The van der Waals surface area contributed by atoms with Crippen molar-refractivity contribution in [2.24, 2.45) is 0 Å². The maximum absolute atomic E-state index is 5.93. The second kappa shape index (κ2) is 4.02. The van der Waals surface area contributed by atoms with Gasteiger partial charge in [0.05, 0.1) is 15.0 Å². The van der Waals surface area contributed by atoms with Crippen LogP contribution in [-0.4, -0.2) is 9.78 Å². The second-order valence-corrected chi connectivity index (χ2v) is 4.69. The fraction of sp³-hybridized carbons (Fsp3) is 0.100. The molecule has 0 radical (unpaired) electrons. The lowest BCUT2D eigenvalue weighted by atomic mass is 10.3. The zero-order valence-electron chi connectivity index (χ0n) is 8.04. The van der Waals surface area contributed by atoms with Gasteiger partial charge in [0, 0.05) is 5.02 Å². The van der Waals surface area contributed by atoms with Gasteiger partial charge in [-0.15, -0.1) is 0 Å². The number of hydrogen-bond acceptors (Lipinski definition) is 2. The molecule has 0 aliphatic heterocycles. The first kappa shape index (κ1) is 10.8. The lowest BCUT2D eigenvalue weighted by molar-refractivity contribution is 0.872. The molecular weight excluding hydrogens is 324 g/mol. The highest BCUT2D eigenvalue weighted by molar-refractivity contribution is 14.1. The van der Waals surface area contributed by atoms with Gasteiger partial charge >= 0.3 is 0 Å².